The van der Waals surface area contributed by atoms with Crippen LogP contribution in [0.15, 0.2) is 59.5 Å². The summed E-state index contributed by atoms with van der Waals surface area (Å²) < 4.78 is 28.4. The van der Waals surface area contributed by atoms with Crippen LogP contribution < -0.4 is 10.5 Å². The van der Waals surface area contributed by atoms with Gasteiger partial charge in [-0.2, -0.15) is 9.78 Å². The normalized spacial score (nSPS) is 14.7. The van der Waals surface area contributed by atoms with E-state index < -0.39 is 11.6 Å². The van der Waals surface area contributed by atoms with Gasteiger partial charge in [-0.25, -0.2) is 8.78 Å². The summed E-state index contributed by atoms with van der Waals surface area (Å²) in [4.78, 5) is 16.2. The Labute approximate surface area is 155 Å². The fraction of sp³-hybridized carbons (Fsp3) is 0.200. The van der Waals surface area contributed by atoms with Gasteiger partial charge in [-0.15, -0.1) is 0 Å². The van der Waals surface area contributed by atoms with Gasteiger partial charge in [0.15, 0.2) is 11.6 Å². The van der Waals surface area contributed by atoms with Crippen molar-refractivity contribution in [2.24, 2.45) is 0 Å². The third kappa shape index (κ3) is 3.33. The molecular weight excluding hydrogens is 350 g/mol. The number of anilines is 2. The van der Waals surface area contributed by atoms with Crippen LogP contribution in [0.3, 0.4) is 0 Å². The molecule has 0 N–H and O–H groups in total. The average molecular weight is 368 g/mol. The summed E-state index contributed by atoms with van der Waals surface area (Å²) >= 11 is 0. The standard InChI is InChI=1S/C20H18F2N4O/c1-24-9-10-25(15-4-6-17(21)18(22)12-15)19-7-5-16(11-14(19)13-24)26-20(27)3-2-8-23-26/h2-8,11-12H,9-10,13H2,1H3. The molecule has 0 aliphatic carbocycles. The van der Waals surface area contributed by atoms with E-state index in [0.29, 0.717) is 24.5 Å². The number of benzene rings is 2. The van der Waals surface area contributed by atoms with Crippen molar-refractivity contribution in [1.82, 2.24) is 14.7 Å². The first-order valence-corrected chi connectivity index (χ1v) is 8.62. The van der Waals surface area contributed by atoms with E-state index in [1.54, 1.807) is 18.3 Å². The van der Waals surface area contributed by atoms with Crippen LogP contribution in [0.2, 0.25) is 0 Å². The Morgan fingerprint density at radius 3 is 2.56 bits per heavy atom. The zero-order valence-electron chi connectivity index (χ0n) is 14.8. The summed E-state index contributed by atoms with van der Waals surface area (Å²) in [7, 11) is 2.00. The Kier molecular flexibility index (Phi) is 4.45. The van der Waals surface area contributed by atoms with Gasteiger partial charge in [-0.05, 0) is 49.0 Å². The van der Waals surface area contributed by atoms with Crippen molar-refractivity contribution in [2.45, 2.75) is 6.54 Å². The number of hydrogen-bond acceptors (Lipinski definition) is 4. The van der Waals surface area contributed by atoms with Crippen LogP contribution in [0.4, 0.5) is 20.2 Å². The predicted molar refractivity (Wildman–Crippen MR) is 99.5 cm³/mol. The van der Waals surface area contributed by atoms with Gasteiger partial charge in [-0.1, -0.05) is 0 Å². The Morgan fingerprint density at radius 2 is 1.78 bits per heavy atom. The fourth-order valence-electron chi connectivity index (χ4n) is 3.33. The Hall–Kier alpha value is -3.06. The molecule has 1 aliphatic heterocycles. The van der Waals surface area contributed by atoms with Crippen molar-refractivity contribution in [2.75, 3.05) is 25.0 Å². The molecule has 0 unspecified atom stereocenters. The average Bonchev–Trinajstić information content (AvgIpc) is 2.82. The second-order valence-electron chi connectivity index (χ2n) is 6.57. The van der Waals surface area contributed by atoms with E-state index in [4.69, 9.17) is 0 Å². The summed E-state index contributed by atoms with van der Waals surface area (Å²) in [5, 5.41) is 4.12. The molecule has 0 spiro atoms. The molecule has 0 saturated heterocycles. The minimum Gasteiger partial charge on any atom is -0.340 e. The lowest BCUT2D eigenvalue weighted by Gasteiger charge is -2.25. The molecule has 0 bridgehead atoms. The maximum Gasteiger partial charge on any atom is 0.271 e. The maximum atomic E-state index is 13.8. The molecule has 1 aliphatic rings. The smallest absolute Gasteiger partial charge is 0.271 e. The van der Waals surface area contributed by atoms with Gasteiger partial charge in [0.05, 0.1) is 5.69 Å². The maximum absolute atomic E-state index is 13.8. The van der Waals surface area contributed by atoms with Crippen molar-refractivity contribution in [3.05, 3.63) is 82.3 Å². The van der Waals surface area contributed by atoms with Gasteiger partial charge < -0.3 is 9.80 Å². The number of nitrogens with zero attached hydrogens (tertiary/aromatic N) is 4. The van der Waals surface area contributed by atoms with Gasteiger partial charge >= 0.3 is 0 Å². The van der Waals surface area contributed by atoms with Crippen molar-refractivity contribution >= 4 is 11.4 Å². The topological polar surface area (TPSA) is 41.4 Å². The number of rotatable bonds is 2. The lowest BCUT2D eigenvalue weighted by molar-refractivity contribution is 0.343. The van der Waals surface area contributed by atoms with Crippen molar-refractivity contribution in [3.8, 4) is 5.69 Å². The van der Waals surface area contributed by atoms with Crippen molar-refractivity contribution < 1.29 is 8.78 Å². The van der Waals surface area contributed by atoms with Crippen LogP contribution in [0.5, 0.6) is 0 Å². The van der Waals surface area contributed by atoms with Crippen LogP contribution in [-0.2, 0) is 6.54 Å². The minimum absolute atomic E-state index is 0.211. The molecule has 4 rings (SSSR count). The molecule has 0 atom stereocenters. The van der Waals surface area contributed by atoms with E-state index in [2.05, 4.69) is 10.00 Å². The zero-order valence-corrected chi connectivity index (χ0v) is 14.8. The van der Waals surface area contributed by atoms with E-state index in [0.717, 1.165) is 23.9 Å². The highest BCUT2D eigenvalue weighted by Gasteiger charge is 2.21. The fourth-order valence-corrected chi connectivity index (χ4v) is 3.33. The third-order valence-corrected chi connectivity index (χ3v) is 4.67. The molecule has 1 aromatic heterocycles. The molecule has 0 fully saturated rings. The Balaban J connectivity index is 1.82. The van der Waals surface area contributed by atoms with Crippen LogP contribution in [0.25, 0.3) is 5.69 Å². The van der Waals surface area contributed by atoms with Crippen molar-refractivity contribution in [1.29, 1.82) is 0 Å². The van der Waals surface area contributed by atoms with Crippen LogP contribution in [0, 0.1) is 11.6 Å². The highest BCUT2D eigenvalue weighted by Crippen LogP contribution is 2.33. The first kappa shape index (κ1) is 17.4. The summed E-state index contributed by atoms with van der Waals surface area (Å²) in [5.74, 6) is -1.74. The lowest BCUT2D eigenvalue weighted by Crippen LogP contribution is -2.26. The zero-order chi connectivity index (χ0) is 19.0. The second kappa shape index (κ2) is 6.92. The quantitative estimate of drug-likeness (QED) is 0.697. The van der Waals surface area contributed by atoms with Crippen LogP contribution >= 0.6 is 0 Å². The largest absolute Gasteiger partial charge is 0.340 e. The van der Waals surface area contributed by atoms with E-state index in [-0.39, 0.29) is 5.56 Å². The predicted octanol–water partition coefficient (Wildman–Crippen LogP) is 3.09. The number of halogens is 2. The number of fused-ring (bicyclic) bond motifs is 1. The highest BCUT2D eigenvalue weighted by atomic mass is 19.2. The van der Waals surface area contributed by atoms with E-state index in [1.807, 2.05) is 30.1 Å². The molecule has 138 valence electrons. The van der Waals surface area contributed by atoms with Gasteiger partial charge in [0.25, 0.3) is 5.56 Å². The molecule has 27 heavy (non-hydrogen) atoms. The molecule has 0 saturated carbocycles. The van der Waals surface area contributed by atoms with E-state index in [9.17, 15) is 13.6 Å². The molecule has 5 nitrogen and oxygen atoms in total. The molecule has 0 radical (unpaired) electrons. The Morgan fingerprint density at radius 1 is 0.963 bits per heavy atom. The first-order valence-electron chi connectivity index (χ1n) is 8.62. The Bertz CT molecular complexity index is 1050. The second-order valence-corrected chi connectivity index (χ2v) is 6.57. The lowest BCUT2D eigenvalue weighted by atomic mass is 10.1. The minimum atomic E-state index is -0.872. The summed E-state index contributed by atoms with van der Waals surface area (Å²) in [5.41, 5.74) is 2.93. The van der Waals surface area contributed by atoms with Crippen LogP contribution in [0.1, 0.15) is 5.56 Å². The number of likely N-dealkylation sites (N-methyl/N-ethyl adjacent to an activating group) is 1. The molecule has 3 aromatic rings. The molecule has 2 aromatic carbocycles. The van der Waals surface area contributed by atoms with Crippen molar-refractivity contribution in [3.63, 3.8) is 0 Å². The van der Waals surface area contributed by atoms with E-state index >= 15 is 0 Å². The highest BCUT2D eigenvalue weighted by molar-refractivity contribution is 5.68. The first-order chi connectivity index (χ1) is 13.0. The molecule has 7 heteroatoms. The monoisotopic (exact) mass is 368 g/mol. The molecule has 0 amide bonds. The van der Waals surface area contributed by atoms with Gasteiger partial charge in [0.2, 0.25) is 0 Å². The number of aromatic nitrogens is 2. The van der Waals surface area contributed by atoms with Gasteiger partial charge in [0.1, 0.15) is 0 Å². The van der Waals surface area contributed by atoms with Gasteiger partial charge in [0, 0.05) is 49.3 Å². The van der Waals surface area contributed by atoms with Gasteiger partial charge in [-0.3, -0.25) is 4.79 Å². The molecular formula is C20H18F2N4O. The molecule has 2 heterocycles. The summed E-state index contributed by atoms with van der Waals surface area (Å²) in [6, 6.07) is 12.6. The summed E-state index contributed by atoms with van der Waals surface area (Å²) in [6.45, 7) is 2.06. The van der Waals surface area contributed by atoms with Crippen LogP contribution in [-0.4, -0.2) is 34.8 Å². The number of hydrogen-bond donors (Lipinski definition) is 0. The summed E-state index contributed by atoms with van der Waals surface area (Å²) in [6.07, 6.45) is 1.56. The van der Waals surface area contributed by atoms with E-state index in [1.165, 1.54) is 16.8 Å². The third-order valence-electron chi connectivity index (χ3n) is 4.67. The SMILES string of the molecule is CN1CCN(c2ccc(F)c(F)c2)c2ccc(-n3ncccc3=O)cc2C1.